The van der Waals surface area contributed by atoms with Crippen LogP contribution in [-0.2, 0) is 11.2 Å². The molecule has 0 spiro atoms. The quantitative estimate of drug-likeness (QED) is 0.879. The molecular formula is C21H20N2O2. The topological polar surface area (TPSA) is 42.9 Å². The van der Waals surface area contributed by atoms with Crippen LogP contribution < -0.4 is 10.1 Å². The second kappa shape index (κ2) is 7.31. The molecule has 1 atom stereocenters. The second-order valence-corrected chi connectivity index (χ2v) is 6.03. The van der Waals surface area contributed by atoms with Crippen LogP contribution in [0.1, 0.15) is 29.2 Å². The van der Waals surface area contributed by atoms with Crippen molar-refractivity contribution >= 4 is 6.02 Å². The summed E-state index contributed by atoms with van der Waals surface area (Å²) < 4.78 is 11.3. The van der Waals surface area contributed by atoms with E-state index >= 15 is 0 Å². The first-order chi connectivity index (χ1) is 12.4. The minimum absolute atomic E-state index is 0.0321. The number of benzene rings is 2. The van der Waals surface area contributed by atoms with Crippen LogP contribution in [0.3, 0.4) is 0 Å². The van der Waals surface area contributed by atoms with Crippen molar-refractivity contribution in [3.63, 3.8) is 0 Å². The van der Waals surface area contributed by atoms with Crippen molar-refractivity contribution in [3.05, 3.63) is 65.2 Å². The van der Waals surface area contributed by atoms with Gasteiger partial charge >= 0.3 is 0 Å². The van der Waals surface area contributed by atoms with Crippen LogP contribution in [0.25, 0.3) is 0 Å². The highest BCUT2D eigenvalue weighted by atomic mass is 16.5. The van der Waals surface area contributed by atoms with Gasteiger partial charge in [0.15, 0.2) is 0 Å². The molecule has 4 nitrogen and oxygen atoms in total. The van der Waals surface area contributed by atoms with Gasteiger partial charge in [0.05, 0.1) is 19.2 Å². The Labute approximate surface area is 147 Å². The van der Waals surface area contributed by atoms with Gasteiger partial charge in [-0.15, -0.1) is 0 Å². The summed E-state index contributed by atoms with van der Waals surface area (Å²) in [6.45, 7) is 2.09. The maximum atomic E-state index is 5.71. The minimum atomic E-state index is 0.0321. The van der Waals surface area contributed by atoms with E-state index in [1.165, 1.54) is 11.1 Å². The monoisotopic (exact) mass is 332 g/mol. The van der Waals surface area contributed by atoms with E-state index in [-0.39, 0.29) is 6.04 Å². The SMILES string of the molecule is C(#Cc1ccccc1)CC(NC1=NCCO1)c1cccc2c1CCO2. The molecule has 0 bridgehead atoms. The van der Waals surface area contributed by atoms with Crippen molar-refractivity contribution in [2.75, 3.05) is 19.8 Å². The zero-order valence-corrected chi connectivity index (χ0v) is 14.0. The number of aliphatic imine (C=N–C) groups is 1. The van der Waals surface area contributed by atoms with Crippen LogP contribution in [0.5, 0.6) is 5.75 Å². The van der Waals surface area contributed by atoms with E-state index in [0.717, 1.165) is 24.3 Å². The van der Waals surface area contributed by atoms with Crippen LogP contribution in [0, 0.1) is 11.8 Å². The molecule has 25 heavy (non-hydrogen) atoms. The van der Waals surface area contributed by atoms with E-state index in [1.54, 1.807) is 0 Å². The highest BCUT2D eigenvalue weighted by molar-refractivity contribution is 5.75. The van der Waals surface area contributed by atoms with Crippen molar-refractivity contribution in [2.45, 2.75) is 18.9 Å². The zero-order valence-electron chi connectivity index (χ0n) is 14.0. The van der Waals surface area contributed by atoms with Gasteiger partial charge < -0.3 is 14.8 Å². The first-order valence-corrected chi connectivity index (χ1v) is 8.62. The van der Waals surface area contributed by atoms with Gasteiger partial charge in [0, 0.05) is 24.0 Å². The Kier molecular flexibility index (Phi) is 4.56. The summed E-state index contributed by atoms with van der Waals surface area (Å²) in [4.78, 5) is 4.36. The summed E-state index contributed by atoms with van der Waals surface area (Å²) in [5.41, 5.74) is 3.51. The highest BCUT2D eigenvalue weighted by Gasteiger charge is 2.23. The third-order valence-corrected chi connectivity index (χ3v) is 4.35. The number of rotatable bonds is 3. The fourth-order valence-electron chi connectivity index (χ4n) is 3.16. The molecule has 2 aliphatic rings. The minimum Gasteiger partial charge on any atom is -0.493 e. The molecule has 2 aromatic carbocycles. The number of hydrogen-bond donors (Lipinski definition) is 1. The Morgan fingerprint density at radius 3 is 2.80 bits per heavy atom. The van der Waals surface area contributed by atoms with E-state index in [1.807, 2.05) is 42.5 Å². The van der Waals surface area contributed by atoms with Gasteiger partial charge in [0.1, 0.15) is 12.4 Å². The third kappa shape index (κ3) is 3.61. The molecule has 0 radical (unpaired) electrons. The Balaban J connectivity index is 1.59. The highest BCUT2D eigenvalue weighted by Crippen LogP contribution is 2.32. The molecule has 1 unspecified atom stereocenters. The molecule has 126 valence electrons. The van der Waals surface area contributed by atoms with Gasteiger partial charge in [-0.25, -0.2) is 4.99 Å². The van der Waals surface area contributed by atoms with E-state index in [4.69, 9.17) is 9.47 Å². The molecule has 1 N–H and O–H groups in total. The number of hydrogen-bond acceptors (Lipinski definition) is 4. The molecule has 0 fully saturated rings. The zero-order chi connectivity index (χ0) is 16.9. The van der Waals surface area contributed by atoms with E-state index < -0.39 is 0 Å². The predicted molar refractivity (Wildman–Crippen MR) is 97.7 cm³/mol. The molecular weight excluding hydrogens is 312 g/mol. The molecule has 0 aliphatic carbocycles. The smallest absolute Gasteiger partial charge is 0.285 e. The molecule has 2 aliphatic heterocycles. The Morgan fingerprint density at radius 1 is 1.04 bits per heavy atom. The standard InChI is InChI=1S/C21H20N2O2/c1-2-6-16(7-3-1)8-4-10-19(23-21-22-13-15-25-21)17-9-5-11-20-18(17)12-14-24-20/h1-3,5-7,9,11,19H,10,12-15H2,(H,22,23). The fourth-order valence-corrected chi connectivity index (χ4v) is 3.16. The summed E-state index contributed by atoms with van der Waals surface area (Å²) >= 11 is 0. The number of amidine groups is 1. The largest absolute Gasteiger partial charge is 0.493 e. The molecule has 0 saturated carbocycles. The van der Waals surface area contributed by atoms with Gasteiger partial charge in [0.2, 0.25) is 0 Å². The van der Waals surface area contributed by atoms with Crippen molar-refractivity contribution in [3.8, 4) is 17.6 Å². The normalized spacial score (nSPS) is 15.9. The van der Waals surface area contributed by atoms with Crippen molar-refractivity contribution < 1.29 is 9.47 Å². The van der Waals surface area contributed by atoms with Crippen LogP contribution in [0.2, 0.25) is 0 Å². The molecule has 0 saturated heterocycles. The van der Waals surface area contributed by atoms with Gasteiger partial charge in [-0.3, -0.25) is 0 Å². The number of nitrogens with zero attached hydrogens (tertiary/aromatic N) is 1. The second-order valence-electron chi connectivity index (χ2n) is 6.03. The average molecular weight is 332 g/mol. The average Bonchev–Trinajstić information content (AvgIpc) is 3.33. The van der Waals surface area contributed by atoms with Crippen molar-refractivity contribution in [1.29, 1.82) is 0 Å². The van der Waals surface area contributed by atoms with Gasteiger partial charge in [0.25, 0.3) is 6.02 Å². The van der Waals surface area contributed by atoms with Gasteiger partial charge in [-0.1, -0.05) is 42.2 Å². The lowest BCUT2D eigenvalue weighted by Gasteiger charge is -2.19. The Morgan fingerprint density at radius 2 is 1.96 bits per heavy atom. The Bertz CT molecular complexity index is 834. The molecule has 0 amide bonds. The van der Waals surface area contributed by atoms with Crippen molar-refractivity contribution in [2.24, 2.45) is 4.99 Å². The molecule has 2 heterocycles. The molecule has 4 rings (SSSR count). The van der Waals surface area contributed by atoms with Crippen LogP contribution in [-0.4, -0.2) is 25.8 Å². The maximum absolute atomic E-state index is 5.71. The van der Waals surface area contributed by atoms with Gasteiger partial charge in [-0.05, 0) is 23.8 Å². The molecule has 4 heteroatoms. The third-order valence-electron chi connectivity index (χ3n) is 4.35. The number of fused-ring (bicyclic) bond motifs is 1. The summed E-state index contributed by atoms with van der Waals surface area (Å²) in [6, 6.07) is 16.9. The molecule has 2 aromatic rings. The van der Waals surface area contributed by atoms with Crippen molar-refractivity contribution in [1.82, 2.24) is 5.32 Å². The lowest BCUT2D eigenvalue weighted by atomic mass is 9.96. The molecule has 0 aromatic heterocycles. The lowest BCUT2D eigenvalue weighted by molar-refractivity contribution is 0.325. The van der Waals surface area contributed by atoms with Crippen LogP contribution in [0.4, 0.5) is 0 Å². The first-order valence-electron chi connectivity index (χ1n) is 8.62. The summed E-state index contributed by atoms with van der Waals surface area (Å²) in [7, 11) is 0. The fraction of sp³-hybridized carbons (Fsp3) is 0.286. The maximum Gasteiger partial charge on any atom is 0.285 e. The first kappa shape index (κ1) is 15.6. The van der Waals surface area contributed by atoms with E-state index in [2.05, 4.69) is 28.2 Å². The lowest BCUT2D eigenvalue weighted by Crippen LogP contribution is -2.29. The number of ether oxygens (including phenoxy) is 2. The number of nitrogens with one attached hydrogen (secondary N) is 1. The summed E-state index contributed by atoms with van der Waals surface area (Å²) in [5.74, 6) is 7.52. The summed E-state index contributed by atoms with van der Waals surface area (Å²) in [6.07, 6.45) is 1.61. The van der Waals surface area contributed by atoms with Crippen LogP contribution >= 0.6 is 0 Å². The van der Waals surface area contributed by atoms with Crippen LogP contribution in [0.15, 0.2) is 53.5 Å². The Hall–Kier alpha value is -2.93. The van der Waals surface area contributed by atoms with E-state index in [0.29, 0.717) is 25.6 Å². The summed E-state index contributed by atoms with van der Waals surface area (Å²) in [5, 5.41) is 3.42. The predicted octanol–water partition coefficient (Wildman–Crippen LogP) is 3.08. The van der Waals surface area contributed by atoms with E-state index in [9.17, 15) is 0 Å². The van der Waals surface area contributed by atoms with Gasteiger partial charge in [-0.2, -0.15) is 0 Å².